The number of hydrogen-bond acceptors (Lipinski definition) is 3. The Balaban J connectivity index is 1.80. The van der Waals surface area contributed by atoms with Crippen molar-refractivity contribution in [2.24, 2.45) is 0 Å². The van der Waals surface area contributed by atoms with Crippen LogP contribution in [-0.2, 0) is 11.2 Å². The average Bonchev–Trinajstić information content (AvgIpc) is 2.96. The van der Waals surface area contributed by atoms with E-state index in [1.165, 1.54) is 10.9 Å². The summed E-state index contributed by atoms with van der Waals surface area (Å²) in [5.41, 5.74) is 0.370. The quantitative estimate of drug-likeness (QED) is 0.860. The molecule has 1 atom stereocenters. The van der Waals surface area contributed by atoms with Crippen molar-refractivity contribution in [3.8, 4) is 0 Å². The lowest BCUT2D eigenvalue weighted by Gasteiger charge is -2.15. The van der Waals surface area contributed by atoms with Gasteiger partial charge in [-0.3, -0.25) is 4.79 Å². The number of rotatable bonds is 6. The van der Waals surface area contributed by atoms with Crippen LogP contribution >= 0.6 is 11.3 Å². The Kier molecular flexibility index (Phi) is 5.27. The normalized spacial score (nSPS) is 12.0. The molecular weight excluding hydrogens is 294 g/mol. The van der Waals surface area contributed by atoms with Crippen molar-refractivity contribution in [3.05, 3.63) is 52.2 Å². The van der Waals surface area contributed by atoms with Crippen molar-refractivity contribution in [2.45, 2.75) is 19.4 Å². The van der Waals surface area contributed by atoms with Gasteiger partial charge in [0.15, 0.2) is 11.6 Å². The molecule has 112 valence electrons. The topological polar surface area (TPSA) is 41.1 Å². The second kappa shape index (κ2) is 7.17. The Labute approximate surface area is 126 Å². The van der Waals surface area contributed by atoms with Crippen molar-refractivity contribution in [3.63, 3.8) is 0 Å². The summed E-state index contributed by atoms with van der Waals surface area (Å²) < 4.78 is 25.9. The molecule has 0 aliphatic carbocycles. The molecule has 3 nitrogen and oxygen atoms in total. The van der Waals surface area contributed by atoms with E-state index in [0.717, 1.165) is 18.6 Å². The van der Waals surface area contributed by atoms with Gasteiger partial charge in [-0.15, -0.1) is 11.3 Å². The number of anilines is 1. The first-order valence-electron chi connectivity index (χ1n) is 6.58. The number of carbonyl (C=O) groups excluding carboxylic acids is 1. The fraction of sp³-hybridized carbons (Fsp3) is 0.267. The van der Waals surface area contributed by atoms with Gasteiger partial charge in [0.25, 0.3) is 0 Å². The summed E-state index contributed by atoms with van der Waals surface area (Å²) in [4.78, 5) is 13.1. The summed E-state index contributed by atoms with van der Waals surface area (Å²) >= 11 is 1.64. The maximum atomic E-state index is 13.1. The van der Waals surface area contributed by atoms with E-state index in [1.807, 2.05) is 17.5 Å². The molecule has 0 saturated heterocycles. The Morgan fingerprint density at radius 3 is 2.76 bits per heavy atom. The zero-order valence-corrected chi connectivity index (χ0v) is 12.3. The predicted octanol–water partition coefficient (Wildman–Crippen LogP) is 3.19. The fourth-order valence-corrected chi connectivity index (χ4v) is 2.53. The molecule has 1 amide bonds. The largest absolute Gasteiger partial charge is 0.374 e. The van der Waals surface area contributed by atoms with Crippen LogP contribution in [0.5, 0.6) is 0 Å². The molecule has 0 bridgehead atoms. The Morgan fingerprint density at radius 2 is 2.10 bits per heavy atom. The average molecular weight is 310 g/mol. The molecule has 0 aliphatic rings. The molecule has 0 saturated carbocycles. The fourth-order valence-electron chi connectivity index (χ4n) is 1.82. The molecule has 1 aromatic carbocycles. The standard InChI is InChI=1S/C15H16F2N2OS/c1-10(19-11-4-5-13(16)14(17)9-11)15(20)18-7-6-12-3-2-8-21-12/h2-5,8-10,19H,6-7H2,1H3,(H,18,20). The zero-order valence-electron chi connectivity index (χ0n) is 11.5. The van der Waals surface area contributed by atoms with Gasteiger partial charge in [0, 0.05) is 23.2 Å². The SMILES string of the molecule is CC(Nc1ccc(F)c(F)c1)C(=O)NCCc1cccs1. The zero-order chi connectivity index (χ0) is 15.2. The Hall–Kier alpha value is -1.95. The van der Waals surface area contributed by atoms with E-state index in [-0.39, 0.29) is 5.91 Å². The van der Waals surface area contributed by atoms with Gasteiger partial charge >= 0.3 is 0 Å². The van der Waals surface area contributed by atoms with Crippen molar-refractivity contribution in [1.29, 1.82) is 0 Å². The van der Waals surface area contributed by atoms with Crippen LogP contribution in [0.15, 0.2) is 35.7 Å². The van der Waals surface area contributed by atoms with Gasteiger partial charge in [0.05, 0.1) is 0 Å². The van der Waals surface area contributed by atoms with Crippen molar-refractivity contribution in [1.82, 2.24) is 5.32 Å². The number of amides is 1. The van der Waals surface area contributed by atoms with E-state index in [4.69, 9.17) is 0 Å². The van der Waals surface area contributed by atoms with E-state index >= 15 is 0 Å². The van der Waals surface area contributed by atoms with Crippen LogP contribution in [0.1, 0.15) is 11.8 Å². The van der Waals surface area contributed by atoms with Gasteiger partial charge in [-0.25, -0.2) is 8.78 Å². The molecule has 0 radical (unpaired) electrons. The van der Waals surface area contributed by atoms with E-state index in [9.17, 15) is 13.6 Å². The third-order valence-electron chi connectivity index (χ3n) is 2.95. The highest BCUT2D eigenvalue weighted by atomic mass is 32.1. The molecule has 6 heteroatoms. The minimum Gasteiger partial charge on any atom is -0.374 e. The van der Waals surface area contributed by atoms with E-state index < -0.39 is 17.7 Å². The van der Waals surface area contributed by atoms with Crippen LogP contribution in [0.25, 0.3) is 0 Å². The summed E-state index contributed by atoms with van der Waals surface area (Å²) in [7, 11) is 0. The van der Waals surface area contributed by atoms with Gasteiger partial charge in [-0.1, -0.05) is 6.07 Å². The van der Waals surface area contributed by atoms with Crippen LogP contribution in [0.4, 0.5) is 14.5 Å². The minimum atomic E-state index is -0.940. The lowest BCUT2D eigenvalue weighted by Crippen LogP contribution is -2.38. The molecule has 0 spiro atoms. The van der Waals surface area contributed by atoms with Crippen LogP contribution in [0.3, 0.4) is 0 Å². The first-order chi connectivity index (χ1) is 10.1. The first kappa shape index (κ1) is 15.4. The molecule has 1 heterocycles. The third-order valence-corrected chi connectivity index (χ3v) is 3.88. The van der Waals surface area contributed by atoms with Crippen LogP contribution < -0.4 is 10.6 Å². The van der Waals surface area contributed by atoms with Crippen molar-refractivity contribution < 1.29 is 13.6 Å². The number of nitrogens with one attached hydrogen (secondary N) is 2. The van der Waals surface area contributed by atoms with Gasteiger partial charge in [-0.05, 0) is 36.9 Å². The molecular formula is C15H16F2N2OS. The highest BCUT2D eigenvalue weighted by Gasteiger charge is 2.13. The molecule has 21 heavy (non-hydrogen) atoms. The second-order valence-electron chi connectivity index (χ2n) is 4.62. The first-order valence-corrected chi connectivity index (χ1v) is 7.46. The highest BCUT2D eigenvalue weighted by Crippen LogP contribution is 2.14. The summed E-state index contributed by atoms with van der Waals surface area (Å²) in [6, 6.07) is 6.91. The third kappa shape index (κ3) is 4.53. The van der Waals surface area contributed by atoms with E-state index in [0.29, 0.717) is 12.2 Å². The predicted molar refractivity (Wildman–Crippen MR) is 80.5 cm³/mol. The van der Waals surface area contributed by atoms with Crippen molar-refractivity contribution in [2.75, 3.05) is 11.9 Å². The summed E-state index contributed by atoms with van der Waals surface area (Å²) in [5.74, 6) is -2.03. The lowest BCUT2D eigenvalue weighted by molar-refractivity contribution is -0.121. The van der Waals surface area contributed by atoms with E-state index in [1.54, 1.807) is 18.3 Å². The van der Waals surface area contributed by atoms with Gasteiger partial charge in [0.1, 0.15) is 6.04 Å². The van der Waals surface area contributed by atoms with Crippen LogP contribution in [-0.4, -0.2) is 18.5 Å². The van der Waals surface area contributed by atoms with Gasteiger partial charge < -0.3 is 10.6 Å². The Morgan fingerprint density at radius 1 is 1.29 bits per heavy atom. The summed E-state index contributed by atoms with van der Waals surface area (Å²) in [6.45, 7) is 2.21. The lowest BCUT2D eigenvalue weighted by atomic mass is 10.2. The second-order valence-corrected chi connectivity index (χ2v) is 5.65. The molecule has 2 rings (SSSR count). The maximum absolute atomic E-state index is 13.1. The van der Waals surface area contributed by atoms with Gasteiger partial charge in [-0.2, -0.15) is 0 Å². The molecule has 0 fully saturated rings. The Bertz CT molecular complexity index is 602. The van der Waals surface area contributed by atoms with Gasteiger partial charge in [0.2, 0.25) is 5.91 Å². The van der Waals surface area contributed by atoms with E-state index in [2.05, 4.69) is 10.6 Å². The summed E-state index contributed by atoms with van der Waals surface area (Å²) in [6.07, 6.45) is 0.779. The van der Waals surface area contributed by atoms with Crippen LogP contribution in [0, 0.1) is 11.6 Å². The number of halogens is 2. The van der Waals surface area contributed by atoms with Crippen LogP contribution in [0.2, 0.25) is 0 Å². The smallest absolute Gasteiger partial charge is 0.242 e. The molecule has 2 aromatic rings. The van der Waals surface area contributed by atoms with Crippen molar-refractivity contribution >= 4 is 22.9 Å². The number of hydrogen-bond donors (Lipinski definition) is 2. The monoisotopic (exact) mass is 310 g/mol. The minimum absolute atomic E-state index is 0.184. The number of thiophene rings is 1. The maximum Gasteiger partial charge on any atom is 0.242 e. The number of benzene rings is 1. The number of carbonyl (C=O) groups is 1. The molecule has 0 aliphatic heterocycles. The molecule has 1 aromatic heterocycles. The molecule has 2 N–H and O–H groups in total. The molecule has 1 unspecified atom stereocenters. The highest BCUT2D eigenvalue weighted by molar-refractivity contribution is 7.09. The summed E-state index contributed by atoms with van der Waals surface area (Å²) in [5, 5.41) is 7.63.